The minimum absolute atomic E-state index is 0.144. The van der Waals surface area contributed by atoms with Crippen LogP contribution in [0.5, 0.6) is 0 Å². The zero-order valence-electron chi connectivity index (χ0n) is 17.6. The largest absolute Gasteiger partial charge is 0.422 e. The van der Waals surface area contributed by atoms with Gasteiger partial charge >= 0.3 is 6.18 Å². The van der Waals surface area contributed by atoms with Crippen molar-refractivity contribution < 1.29 is 13.2 Å². The second-order valence-electron chi connectivity index (χ2n) is 7.97. The first-order valence-electron chi connectivity index (χ1n) is 10.1. The molecule has 0 aliphatic carbocycles. The van der Waals surface area contributed by atoms with Gasteiger partial charge in [0.15, 0.2) is 0 Å². The Labute approximate surface area is 182 Å². The summed E-state index contributed by atoms with van der Waals surface area (Å²) in [4.78, 5) is 27.3. The van der Waals surface area contributed by atoms with Gasteiger partial charge in [-0.3, -0.25) is 14.7 Å². The summed E-state index contributed by atoms with van der Waals surface area (Å²) in [5.74, 6) is 0.816. The van der Waals surface area contributed by atoms with E-state index in [-0.39, 0.29) is 17.1 Å². The molecule has 1 fully saturated rings. The standard InChI is InChI=1S/C22H21F3N6O/c1-13-11-31(18-4-3-15(8-26)9-27-18)6-5-30(13)12-16-7-17-20(28-10-16)14(2)19(21(32)29-17)22(23,24)25/h3-4,7,9-10,13H,5-6,11-12H2,1-2H3,(H,29,32). The van der Waals surface area contributed by atoms with Gasteiger partial charge in [-0.05, 0) is 43.2 Å². The molecule has 7 nitrogen and oxygen atoms in total. The lowest BCUT2D eigenvalue weighted by atomic mass is 10.1. The maximum Gasteiger partial charge on any atom is 0.422 e. The van der Waals surface area contributed by atoms with E-state index in [0.717, 1.165) is 31.0 Å². The maximum absolute atomic E-state index is 13.2. The summed E-state index contributed by atoms with van der Waals surface area (Å²) in [6.45, 7) is 6.15. The Morgan fingerprint density at radius 2 is 2.03 bits per heavy atom. The summed E-state index contributed by atoms with van der Waals surface area (Å²) < 4.78 is 39.6. The number of nitriles is 1. The molecule has 1 aliphatic heterocycles. The van der Waals surface area contributed by atoms with Crippen LogP contribution in [0.15, 0.2) is 35.4 Å². The minimum Gasteiger partial charge on any atom is -0.354 e. The van der Waals surface area contributed by atoms with Crippen LogP contribution in [0.4, 0.5) is 19.0 Å². The normalized spacial score (nSPS) is 17.5. The van der Waals surface area contributed by atoms with Gasteiger partial charge in [-0.15, -0.1) is 0 Å². The van der Waals surface area contributed by atoms with Gasteiger partial charge < -0.3 is 9.88 Å². The SMILES string of the molecule is Cc1c(C(F)(F)F)c(=O)[nH]c2cc(CN3CCN(c4ccc(C#N)cn4)CC3C)cnc12. The predicted molar refractivity (Wildman–Crippen MR) is 113 cm³/mol. The number of alkyl halides is 3. The molecule has 0 spiro atoms. The summed E-state index contributed by atoms with van der Waals surface area (Å²) in [6, 6.07) is 7.51. The lowest BCUT2D eigenvalue weighted by Gasteiger charge is -2.40. The molecule has 10 heteroatoms. The number of hydrogen-bond acceptors (Lipinski definition) is 6. The molecule has 4 rings (SSSR count). The van der Waals surface area contributed by atoms with E-state index in [9.17, 15) is 18.0 Å². The van der Waals surface area contributed by atoms with Crippen molar-refractivity contribution in [1.82, 2.24) is 19.9 Å². The van der Waals surface area contributed by atoms with E-state index in [4.69, 9.17) is 5.26 Å². The van der Waals surface area contributed by atoms with E-state index in [1.807, 2.05) is 6.07 Å². The Balaban J connectivity index is 1.51. The molecular formula is C22H21F3N6O. The van der Waals surface area contributed by atoms with Crippen molar-refractivity contribution in [2.75, 3.05) is 24.5 Å². The van der Waals surface area contributed by atoms with Crippen LogP contribution in [0.1, 0.15) is 29.2 Å². The molecule has 0 bridgehead atoms. The van der Waals surface area contributed by atoms with Crippen molar-refractivity contribution in [3.8, 4) is 6.07 Å². The first-order valence-corrected chi connectivity index (χ1v) is 10.1. The average molecular weight is 442 g/mol. The lowest BCUT2D eigenvalue weighted by molar-refractivity contribution is -0.139. The molecule has 4 heterocycles. The number of nitrogens with one attached hydrogen (secondary N) is 1. The highest BCUT2D eigenvalue weighted by molar-refractivity contribution is 5.79. The summed E-state index contributed by atoms with van der Waals surface area (Å²) in [6.07, 6.45) is -1.61. The van der Waals surface area contributed by atoms with Crippen molar-refractivity contribution in [2.24, 2.45) is 0 Å². The van der Waals surface area contributed by atoms with Crippen molar-refractivity contribution in [2.45, 2.75) is 32.6 Å². The van der Waals surface area contributed by atoms with Gasteiger partial charge in [0.05, 0.1) is 16.6 Å². The Bertz CT molecular complexity index is 1250. The predicted octanol–water partition coefficient (Wildman–Crippen LogP) is 3.23. The van der Waals surface area contributed by atoms with Gasteiger partial charge in [0.2, 0.25) is 0 Å². The van der Waals surface area contributed by atoms with Crippen molar-refractivity contribution in [3.63, 3.8) is 0 Å². The molecule has 1 atom stereocenters. The van der Waals surface area contributed by atoms with E-state index in [1.165, 1.54) is 6.92 Å². The third-order valence-electron chi connectivity index (χ3n) is 5.78. The molecule has 0 aromatic carbocycles. The van der Waals surface area contributed by atoms with Crippen LogP contribution < -0.4 is 10.5 Å². The number of aryl methyl sites for hydroxylation is 1. The summed E-state index contributed by atoms with van der Waals surface area (Å²) in [5.41, 5.74) is -0.759. The molecule has 0 saturated carbocycles. The van der Waals surface area contributed by atoms with Crippen molar-refractivity contribution in [3.05, 3.63) is 63.2 Å². The molecule has 1 unspecified atom stereocenters. The number of H-pyrrole nitrogens is 1. The van der Waals surface area contributed by atoms with Crippen LogP contribution in [-0.2, 0) is 12.7 Å². The number of anilines is 1. The monoisotopic (exact) mass is 442 g/mol. The molecule has 3 aromatic heterocycles. The van der Waals surface area contributed by atoms with Crippen LogP contribution in [-0.4, -0.2) is 45.5 Å². The highest BCUT2D eigenvalue weighted by Crippen LogP contribution is 2.31. The maximum atomic E-state index is 13.2. The molecular weight excluding hydrogens is 421 g/mol. The van der Waals surface area contributed by atoms with Crippen LogP contribution in [0.2, 0.25) is 0 Å². The molecule has 0 amide bonds. The van der Waals surface area contributed by atoms with Gasteiger partial charge in [-0.2, -0.15) is 18.4 Å². The summed E-state index contributed by atoms with van der Waals surface area (Å²) in [5, 5.41) is 8.92. The smallest absolute Gasteiger partial charge is 0.354 e. The van der Waals surface area contributed by atoms with E-state index in [2.05, 4.69) is 37.7 Å². The van der Waals surface area contributed by atoms with E-state index in [0.29, 0.717) is 17.6 Å². The third kappa shape index (κ3) is 4.16. The van der Waals surface area contributed by atoms with Crippen LogP contribution in [0, 0.1) is 18.3 Å². The Hall–Kier alpha value is -3.45. The molecule has 1 saturated heterocycles. The fourth-order valence-electron chi connectivity index (χ4n) is 4.12. The highest BCUT2D eigenvalue weighted by atomic mass is 19.4. The Morgan fingerprint density at radius 1 is 1.25 bits per heavy atom. The van der Waals surface area contributed by atoms with Gasteiger partial charge in [0, 0.05) is 44.6 Å². The van der Waals surface area contributed by atoms with Gasteiger partial charge in [-0.1, -0.05) is 0 Å². The summed E-state index contributed by atoms with van der Waals surface area (Å²) in [7, 11) is 0. The zero-order valence-corrected chi connectivity index (χ0v) is 17.6. The van der Waals surface area contributed by atoms with E-state index < -0.39 is 17.3 Å². The number of rotatable bonds is 3. The third-order valence-corrected chi connectivity index (χ3v) is 5.78. The van der Waals surface area contributed by atoms with E-state index in [1.54, 1.807) is 24.5 Å². The van der Waals surface area contributed by atoms with Gasteiger partial charge in [-0.25, -0.2) is 4.98 Å². The lowest BCUT2D eigenvalue weighted by Crippen LogP contribution is -2.51. The molecule has 1 aliphatic rings. The Kier molecular flexibility index (Phi) is 5.60. The Morgan fingerprint density at radius 3 is 2.66 bits per heavy atom. The number of hydrogen-bond donors (Lipinski definition) is 1. The number of piperazine rings is 1. The quantitative estimate of drug-likeness (QED) is 0.670. The van der Waals surface area contributed by atoms with E-state index >= 15 is 0 Å². The first kappa shape index (κ1) is 21.8. The van der Waals surface area contributed by atoms with Gasteiger partial charge in [0.25, 0.3) is 5.56 Å². The highest BCUT2D eigenvalue weighted by Gasteiger charge is 2.37. The molecule has 0 radical (unpaired) electrons. The number of halogens is 3. The van der Waals surface area contributed by atoms with Crippen molar-refractivity contribution >= 4 is 16.9 Å². The zero-order chi connectivity index (χ0) is 23.0. The molecule has 1 N–H and O–H groups in total. The van der Waals surface area contributed by atoms with Crippen LogP contribution in [0.3, 0.4) is 0 Å². The first-order chi connectivity index (χ1) is 15.2. The fraction of sp³-hybridized carbons (Fsp3) is 0.364. The van der Waals surface area contributed by atoms with Crippen molar-refractivity contribution in [1.29, 1.82) is 5.26 Å². The number of aromatic amines is 1. The fourth-order valence-corrected chi connectivity index (χ4v) is 4.12. The number of fused-ring (bicyclic) bond motifs is 1. The second-order valence-corrected chi connectivity index (χ2v) is 7.97. The number of nitrogens with zero attached hydrogens (tertiary/aromatic N) is 5. The molecule has 166 valence electrons. The number of aromatic nitrogens is 3. The molecule has 3 aromatic rings. The number of pyridine rings is 3. The van der Waals surface area contributed by atoms with Gasteiger partial charge in [0.1, 0.15) is 17.5 Å². The topological polar surface area (TPSA) is 88.9 Å². The molecule has 32 heavy (non-hydrogen) atoms. The average Bonchev–Trinajstić information content (AvgIpc) is 2.74. The van der Waals surface area contributed by atoms with Crippen LogP contribution >= 0.6 is 0 Å². The van der Waals surface area contributed by atoms with Crippen LogP contribution in [0.25, 0.3) is 11.0 Å². The second kappa shape index (κ2) is 8.24. The summed E-state index contributed by atoms with van der Waals surface area (Å²) >= 11 is 0. The minimum atomic E-state index is -4.73.